The van der Waals surface area contributed by atoms with Gasteiger partial charge in [0.1, 0.15) is 6.04 Å². The van der Waals surface area contributed by atoms with E-state index in [0.717, 1.165) is 0 Å². The second-order valence-electron chi connectivity index (χ2n) is 4.24. The maximum Gasteiger partial charge on any atom is 0.322 e. The summed E-state index contributed by atoms with van der Waals surface area (Å²) in [4.78, 5) is 44.4. The Bertz CT molecular complexity index is 370. The molecule has 0 radical (unpaired) electrons. The zero-order valence-corrected chi connectivity index (χ0v) is 11.7. The fourth-order valence-electron chi connectivity index (χ4n) is 1.38. The highest BCUT2D eigenvalue weighted by molar-refractivity contribution is 5.96. The van der Waals surface area contributed by atoms with Gasteiger partial charge in [-0.2, -0.15) is 0 Å². The van der Waals surface area contributed by atoms with Crippen molar-refractivity contribution in [3.05, 3.63) is 0 Å². The van der Waals surface area contributed by atoms with E-state index in [-0.39, 0.29) is 18.7 Å². The van der Waals surface area contributed by atoms with Crippen LogP contribution in [0.1, 0.15) is 39.5 Å². The Balaban J connectivity index is 3.87. The SMILES string of the molecule is CCNC(=O)C(C)NC(=O)NC(=O)CCCCC(=O)O. The van der Waals surface area contributed by atoms with Crippen molar-refractivity contribution < 1.29 is 24.3 Å². The number of rotatable bonds is 8. The number of likely N-dealkylation sites (N-methyl/N-ethyl adjacent to an activating group) is 1. The van der Waals surface area contributed by atoms with Crippen molar-refractivity contribution in [1.82, 2.24) is 16.0 Å². The monoisotopic (exact) mass is 287 g/mol. The minimum absolute atomic E-state index is 0.00625. The van der Waals surface area contributed by atoms with Crippen molar-refractivity contribution in [3.63, 3.8) is 0 Å². The highest BCUT2D eigenvalue weighted by Gasteiger charge is 2.15. The summed E-state index contributed by atoms with van der Waals surface area (Å²) in [5.41, 5.74) is 0. The second kappa shape index (κ2) is 9.76. The number of aliphatic carboxylic acids is 1. The lowest BCUT2D eigenvalue weighted by Crippen LogP contribution is -2.49. The van der Waals surface area contributed by atoms with Crippen LogP contribution < -0.4 is 16.0 Å². The number of carbonyl (C=O) groups is 4. The second-order valence-corrected chi connectivity index (χ2v) is 4.24. The Morgan fingerprint density at radius 2 is 1.70 bits per heavy atom. The maximum atomic E-state index is 11.4. The summed E-state index contributed by atoms with van der Waals surface area (Å²) >= 11 is 0. The summed E-state index contributed by atoms with van der Waals surface area (Å²) in [7, 11) is 0. The predicted octanol–water partition coefficient (Wildman–Crippen LogP) is -0.0182. The van der Waals surface area contributed by atoms with Crippen molar-refractivity contribution in [3.8, 4) is 0 Å². The molecule has 0 aromatic heterocycles. The van der Waals surface area contributed by atoms with E-state index < -0.39 is 23.9 Å². The number of hydrogen-bond donors (Lipinski definition) is 4. The molecule has 0 aliphatic heterocycles. The van der Waals surface area contributed by atoms with Crippen LogP contribution in [0.25, 0.3) is 0 Å². The van der Waals surface area contributed by atoms with Gasteiger partial charge in [0.25, 0.3) is 0 Å². The molecule has 4 N–H and O–H groups in total. The van der Waals surface area contributed by atoms with Gasteiger partial charge in [-0.1, -0.05) is 0 Å². The van der Waals surface area contributed by atoms with Crippen molar-refractivity contribution in [1.29, 1.82) is 0 Å². The number of amides is 4. The van der Waals surface area contributed by atoms with Crippen LogP contribution in [-0.4, -0.2) is 41.5 Å². The first-order valence-corrected chi connectivity index (χ1v) is 6.46. The smallest absolute Gasteiger partial charge is 0.322 e. The fraction of sp³-hybridized carbons (Fsp3) is 0.667. The van der Waals surface area contributed by atoms with E-state index in [1.165, 1.54) is 6.92 Å². The normalized spacial score (nSPS) is 11.3. The molecule has 0 fully saturated rings. The number of unbranched alkanes of at least 4 members (excludes halogenated alkanes) is 1. The van der Waals surface area contributed by atoms with Crippen LogP contribution in [0.15, 0.2) is 0 Å². The molecule has 4 amide bonds. The third-order valence-corrected chi connectivity index (χ3v) is 2.39. The molecule has 0 heterocycles. The highest BCUT2D eigenvalue weighted by atomic mass is 16.4. The van der Waals surface area contributed by atoms with E-state index in [1.807, 2.05) is 0 Å². The topological polar surface area (TPSA) is 125 Å². The zero-order valence-electron chi connectivity index (χ0n) is 11.7. The average molecular weight is 287 g/mol. The van der Waals surface area contributed by atoms with Crippen LogP contribution in [0.4, 0.5) is 4.79 Å². The Hall–Kier alpha value is -2.12. The maximum absolute atomic E-state index is 11.4. The quantitative estimate of drug-likeness (QED) is 0.467. The summed E-state index contributed by atoms with van der Waals surface area (Å²) in [6.07, 6.45) is 0.820. The minimum Gasteiger partial charge on any atom is -0.481 e. The van der Waals surface area contributed by atoms with Gasteiger partial charge in [-0.05, 0) is 26.7 Å². The fourth-order valence-corrected chi connectivity index (χ4v) is 1.38. The molecule has 0 aliphatic rings. The van der Waals surface area contributed by atoms with E-state index in [9.17, 15) is 19.2 Å². The predicted molar refractivity (Wildman–Crippen MR) is 70.9 cm³/mol. The van der Waals surface area contributed by atoms with Gasteiger partial charge in [0.15, 0.2) is 0 Å². The highest BCUT2D eigenvalue weighted by Crippen LogP contribution is 1.99. The molecule has 20 heavy (non-hydrogen) atoms. The van der Waals surface area contributed by atoms with Crippen molar-refractivity contribution in [2.24, 2.45) is 0 Å². The van der Waals surface area contributed by atoms with E-state index in [1.54, 1.807) is 6.92 Å². The first-order valence-electron chi connectivity index (χ1n) is 6.46. The van der Waals surface area contributed by atoms with Crippen molar-refractivity contribution >= 4 is 23.8 Å². The third kappa shape index (κ3) is 8.90. The number of nitrogens with one attached hydrogen (secondary N) is 3. The summed E-state index contributed by atoms with van der Waals surface area (Å²) in [6.45, 7) is 3.71. The molecule has 8 heteroatoms. The number of carboxylic acids is 1. The lowest BCUT2D eigenvalue weighted by molar-refractivity contribution is -0.137. The first kappa shape index (κ1) is 17.9. The number of carboxylic acid groups (broad SMARTS) is 1. The lowest BCUT2D eigenvalue weighted by atomic mass is 10.2. The molecule has 1 atom stereocenters. The molecule has 0 saturated heterocycles. The van der Waals surface area contributed by atoms with Crippen LogP contribution in [-0.2, 0) is 14.4 Å². The van der Waals surface area contributed by atoms with Crippen LogP contribution in [0, 0.1) is 0 Å². The first-order chi connectivity index (χ1) is 9.36. The van der Waals surface area contributed by atoms with E-state index in [0.29, 0.717) is 19.4 Å². The molecule has 114 valence electrons. The van der Waals surface area contributed by atoms with E-state index >= 15 is 0 Å². The zero-order chi connectivity index (χ0) is 15.5. The molecule has 0 spiro atoms. The van der Waals surface area contributed by atoms with Gasteiger partial charge in [0.05, 0.1) is 0 Å². The van der Waals surface area contributed by atoms with Crippen molar-refractivity contribution in [2.45, 2.75) is 45.6 Å². The van der Waals surface area contributed by atoms with Crippen LogP contribution in [0.2, 0.25) is 0 Å². The van der Waals surface area contributed by atoms with E-state index in [2.05, 4.69) is 16.0 Å². The molecule has 0 rings (SSSR count). The summed E-state index contributed by atoms with van der Waals surface area (Å²) in [5.74, 6) is -1.76. The molecule has 0 aromatic rings. The molecule has 0 aromatic carbocycles. The molecule has 0 saturated carbocycles. The number of carbonyl (C=O) groups excluding carboxylic acids is 3. The molecular formula is C12H21N3O5. The Morgan fingerprint density at radius 3 is 2.25 bits per heavy atom. The minimum atomic E-state index is -0.918. The van der Waals surface area contributed by atoms with E-state index in [4.69, 9.17) is 5.11 Å². The Morgan fingerprint density at radius 1 is 1.10 bits per heavy atom. The molecule has 1 unspecified atom stereocenters. The van der Waals surface area contributed by atoms with Gasteiger partial charge < -0.3 is 15.7 Å². The molecule has 0 aliphatic carbocycles. The molecule has 8 nitrogen and oxygen atoms in total. The number of hydrogen-bond acceptors (Lipinski definition) is 4. The van der Waals surface area contributed by atoms with Gasteiger partial charge in [0.2, 0.25) is 11.8 Å². The number of imide groups is 1. The van der Waals surface area contributed by atoms with Gasteiger partial charge in [-0.15, -0.1) is 0 Å². The third-order valence-electron chi connectivity index (χ3n) is 2.39. The standard InChI is InChI=1S/C12H21N3O5/c1-3-13-11(19)8(2)14-12(20)15-9(16)6-4-5-7-10(17)18/h8H,3-7H2,1-2H3,(H,13,19)(H,17,18)(H2,14,15,16,20). The molecular weight excluding hydrogens is 266 g/mol. The lowest BCUT2D eigenvalue weighted by Gasteiger charge is -2.13. The average Bonchev–Trinajstić information content (AvgIpc) is 2.34. The summed E-state index contributed by atoms with van der Waals surface area (Å²) < 4.78 is 0. The number of urea groups is 1. The van der Waals surface area contributed by atoms with Crippen molar-refractivity contribution in [2.75, 3.05) is 6.54 Å². The summed E-state index contributed by atoms with van der Waals surface area (Å²) in [6, 6.07) is -1.48. The summed E-state index contributed by atoms with van der Waals surface area (Å²) in [5, 5.41) is 15.4. The Kier molecular flexibility index (Phi) is 8.73. The largest absolute Gasteiger partial charge is 0.481 e. The van der Waals surface area contributed by atoms with Gasteiger partial charge in [-0.25, -0.2) is 4.79 Å². The van der Waals surface area contributed by atoms with Crippen LogP contribution in [0.3, 0.4) is 0 Å². The van der Waals surface area contributed by atoms with Gasteiger partial charge >= 0.3 is 12.0 Å². The van der Waals surface area contributed by atoms with Crippen LogP contribution >= 0.6 is 0 Å². The molecule has 0 bridgehead atoms. The van der Waals surface area contributed by atoms with Gasteiger partial charge in [0, 0.05) is 19.4 Å². The van der Waals surface area contributed by atoms with Gasteiger partial charge in [-0.3, -0.25) is 19.7 Å². The van der Waals surface area contributed by atoms with Crippen LogP contribution in [0.5, 0.6) is 0 Å². The Labute approximate surface area is 117 Å².